The molecule has 0 amide bonds. The zero-order valence-corrected chi connectivity index (χ0v) is 44.2. The zero-order chi connectivity index (χ0) is 47.9. The smallest absolute Gasteiger partial charge is 0.306 e. The van der Waals surface area contributed by atoms with E-state index >= 15 is 0 Å². The van der Waals surface area contributed by atoms with Crippen LogP contribution in [0, 0.1) is 0 Å². The largest absolute Gasteiger partial charge is 0.462 e. The molecule has 0 aliphatic carbocycles. The van der Waals surface area contributed by atoms with Gasteiger partial charge in [0.1, 0.15) is 13.2 Å². The summed E-state index contributed by atoms with van der Waals surface area (Å²) in [5.41, 5.74) is 0. The van der Waals surface area contributed by atoms with Crippen molar-refractivity contribution in [3.8, 4) is 0 Å². The van der Waals surface area contributed by atoms with E-state index in [2.05, 4.69) is 57.2 Å². The van der Waals surface area contributed by atoms with Crippen molar-refractivity contribution in [1.82, 2.24) is 0 Å². The van der Waals surface area contributed by atoms with Crippen LogP contribution in [0.2, 0.25) is 0 Å². The van der Waals surface area contributed by atoms with Crippen LogP contribution in [0.3, 0.4) is 0 Å². The first-order valence-corrected chi connectivity index (χ1v) is 29.0. The third kappa shape index (κ3) is 52.6. The number of unbranched alkanes of at least 4 members (excludes halogenated alkanes) is 36. The number of carbonyl (C=O) groups is 3. The molecule has 0 N–H and O–H groups in total. The van der Waals surface area contributed by atoms with Gasteiger partial charge >= 0.3 is 17.9 Å². The summed E-state index contributed by atoms with van der Waals surface area (Å²) in [4.78, 5) is 38.1. The van der Waals surface area contributed by atoms with Gasteiger partial charge in [-0.05, 0) is 70.6 Å². The predicted molar refractivity (Wildman–Crippen MR) is 284 cm³/mol. The van der Waals surface area contributed by atoms with Crippen molar-refractivity contribution in [2.75, 3.05) is 13.2 Å². The molecule has 0 aromatic rings. The fourth-order valence-corrected chi connectivity index (χ4v) is 8.48. The normalized spacial score (nSPS) is 12.2. The van der Waals surface area contributed by atoms with Gasteiger partial charge in [0.15, 0.2) is 6.10 Å². The van der Waals surface area contributed by atoms with E-state index in [4.69, 9.17) is 14.2 Å². The average molecular weight is 928 g/mol. The quantitative estimate of drug-likeness (QED) is 0.0262. The van der Waals surface area contributed by atoms with E-state index in [1.54, 1.807) is 0 Å². The minimum absolute atomic E-state index is 0.0742. The number of ether oxygens (including phenoxy) is 3. The van der Waals surface area contributed by atoms with E-state index < -0.39 is 6.10 Å². The van der Waals surface area contributed by atoms with E-state index in [0.29, 0.717) is 19.3 Å². The minimum Gasteiger partial charge on any atom is -0.462 e. The molecule has 0 fully saturated rings. The second kappa shape index (κ2) is 55.2. The highest BCUT2D eigenvalue weighted by atomic mass is 16.6. The highest BCUT2D eigenvalue weighted by Crippen LogP contribution is 2.16. The maximum atomic E-state index is 12.8. The van der Waals surface area contributed by atoms with Crippen molar-refractivity contribution in [3.05, 3.63) is 36.5 Å². The standard InChI is InChI=1S/C60H110O6/c1-4-7-10-13-16-19-22-25-27-29-30-31-33-35-38-41-44-47-50-53-59(62)65-56-57(55-64-58(61)52-49-46-43-40-37-34-24-21-18-15-12-9-6-3)66-60(63)54-51-48-45-42-39-36-32-28-26-23-20-17-14-11-8-5-2/h12,15,21,24-25,27,57H,4-11,13-14,16-20,22-23,26,28-56H2,1-3H3/b15-12-,24-21-,27-25-. The summed E-state index contributed by atoms with van der Waals surface area (Å²) in [5, 5.41) is 0. The summed E-state index contributed by atoms with van der Waals surface area (Å²) < 4.78 is 16.9. The molecule has 0 rings (SSSR count). The Hall–Kier alpha value is -2.37. The lowest BCUT2D eigenvalue weighted by molar-refractivity contribution is -0.167. The molecular weight excluding hydrogens is 817 g/mol. The van der Waals surface area contributed by atoms with Gasteiger partial charge in [-0.25, -0.2) is 0 Å². The number of hydrogen-bond acceptors (Lipinski definition) is 6. The molecular formula is C60H110O6. The van der Waals surface area contributed by atoms with Gasteiger partial charge in [-0.1, -0.05) is 256 Å². The lowest BCUT2D eigenvalue weighted by Crippen LogP contribution is -2.30. The first-order chi connectivity index (χ1) is 32.5. The van der Waals surface area contributed by atoms with Crippen molar-refractivity contribution in [1.29, 1.82) is 0 Å². The monoisotopic (exact) mass is 927 g/mol. The number of hydrogen-bond donors (Lipinski definition) is 0. The van der Waals surface area contributed by atoms with Crippen LogP contribution < -0.4 is 0 Å². The molecule has 0 saturated carbocycles. The molecule has 6 heteroatoms. The molecule has 0 heterocycles. The van der Waals surface area contributed by atoms with Gasteiger partial charge in [0.25, 0.3) is 0 Å². The molecule has 386 valence electrons. The van der Waals surface area contributed by atoms with Crippen molar-refractivity contribution in [2.45, 2.75) is 316 Å². The summed E-state index contributed by atoms with van der Waals surface area (Å²) in [6, 6.07) is 0. The Kier molecular flexibility index (Phi) is 53.2. The van der Waals surface area contributed by atoms with Crippen molar-refractivity contribution < 1.29 is 28.6 Å². The van der Waals surface area contributed by atoms with Gasteiger partial charge in [-0.2, -0.15) is 0 Å². The first kappa shape index (κ1) is 63.6. The van der Waals surface area contributed by atoms with Crippen LogP contribution >= 0.6 is 0 Å². The SMILES string of the molecule is CCC/C=C\C/C=C\CCCCCCCC(=O)OCC(COC(=O)CCCCCCCCCCC/C=C\CCCCCCCC)OC(=O)CCCCCCCCCCCCCCCCCC. The van der Waals surface area contributed by atoms with Crippen LogP contribution in [0.1, 0.15) is 310 Å². The fraction of sp³-hybridized carbons (Fsp3) is 0.850. The van der Waals surface area contributed by atoms with E-state index in [9.17, 15) is 14.4 Å². The molecule has 0 aromatic carbocycles. The van der Waals surface area contributed by atoms with Crippen LogP contribution in [0.25, 0.3) is 0 Å². The number of allylic oxidation sites excluding steroid dienone is 6. The second-order valence-electron chi connectivity index (χ2n) is 19.6. The first-order valence-electron chi connectivity index (χ1n) is 29.0. The van der Waals surface area contributed by atoms with Crippen LogP contribution in [0.5, 0.6) is 0 Å². The van der Waals surface area contributed by atoms with Crippen LogP contribution in [-0.2, 0) is 28.6 Å². The Morgan fingerprint density at radius 2 is 0.576 bits per heavy atom. The van der Waals surface area contributed by atoms with Crippen LogP contribution in [-0.4, -0.2) is 37.2 Å². The van der Waals surface area contributed by atoms with Gasteiger partial charge in [-0.15, -0.1) is 0 Å². The lowest BCUT2D eigenvalue weighted by atomic mass is 10.0. The van der Waals surface area contributed by atoms with Crippen LogP contribution in [0.15, 0.2) is 36.5 Å². The number of rotatable bonds is 53. The van der Waals surface area contributed by atoms with Gasteiger partial charge in [0.05, 0.1) is 0 Å². The molecule has 1 unspecified atom stereocenters. The number of esters is 3. The minimum atomic E-state index is -0.775. The van der Waals surface area contributed by atoms with Crippen molar-refractivity contribution in [3.63, 3.8) is 0 Å². The summed E-state index contributed by atoms with van der Waals surface area (Å²) >= 11 is 0. The van der Waals surface area contributed by atoms with Crippen molar-refractivity contribution in [2.24, 2.45) is 0 Å². The second-order valence-corrected chi connectivity index (χ2v) is 19.6. The zero-order valence-electron chi connectivity index (χ0n) is 44.2. The topological polar surface area (TPSA) is 78.9 Å². The lowest BCUT2D eigenvalue weighted by Gasteiger charge is -2.18. The molecule has 0 bridgehead atoms. The van der Waals surface area contributed by atoms with Crippen LogP contribution in [0.4, 0.5) is 0 Å². The van der Waals surface area contributed by atoms with E-state index in [1.807, 2.05) is 0 Å². The molecule has 0 spiro atoms. The van der Waals surface area contributed by atoms with E-state index in [1.165, 1.54) is 186 Å². The number of carbonyl (C=O) groups excluding carboxylic acids is 3. The van der Waals surface area contributed by atoms with Gasteiger partial charge < -0.3 is 14.2 Å². The molecule has 66 heavy (non-hydrogen) atoms. The summed E-state index contributed by atoms with van der Waals surface area (Å²) in [5.74, 6) is -0.873. The predicted octanol–water partition coefficient (Wildman–Crippen LogP) is 19.3. The average Bonchev–Trinajstić information content (AvgIpc) is 3.31. The molecule has 6 nitrogen and oxygen atoms in total. The molecule has 0 aromatic heterocycles. The maximum absolute atomic E-state index is 12.8. The van der Waals surface area contributed by atoms with Crippen molar-refractivity contribution >= 4 is 17.9 Å². The van der Waals surface area contributed by atoms with Gasteiger partial charge in [0, 0.05) is 19.3 Å². The fourth-order valence-electron chi connectivity index (χ4n) is 8.48. The molecule has 0 aliphatic rings. The Balaban J connectivity index is 4.32. The Bertz CT molecular complexity index is 1110. The maximum Gasteiger partial charge on any atom is 0.306 e. The van der Waals surface area contributed by atoms with E-state index in [0.717, 1.165) is 83.5 Å². The third-order valence-corrected chi connectivity index (χ3v) is 12.8. The highest BCUT2D eigenvalue weighted by Gasteiger charge is 2.19. The Morgan fingerprint density at radius 1 is 0.303 bits per heavy atom. The summed E-state index contributed by atoms with van der Waals surface area (Å²) in [6.45, 7) is 6.60. The molecule has 0 radical (unpaired) electrons. The van der Waals surface area contributed by atoms with Gasteiger partial charge in [-0.3, -0.25) is 14.4 Å². The summed E-state index contributed by atoms with van der Waals surface area (Å²) in [6.07, 6.45) is 65.6. The molecule has 0 aliphatic heterocycles. The third-order valence-electron chi connectivity index (χ3n) is 12.8. The molecule has 0 saturated heterocycles. The molecule has 1 atom stereocenters. The Labute approximate surface area is 410 Å². The Morgan fingerprint density at radius 3 is 0.909 bits per heavy atom. The van der Waals surface area contributed by atoms with Gasteiger partial charge in [0.2, 0.25) is 0 Å². The summed E-state index contributed by atoms with van der Waals surface area (Å²) in [7, 11) is 0. The van der Waals surface area contributed by atoms with E-state index in [-0.39, 0.29) is 31.1 Å². The highest BCUT2D eigenvalue weighted by molar-refractivity contribution is 5.71.